The van der Waals surface area contributed by atoms with Crippen molar-refractivity contribution in [3.8, 4) is 0 Å². The fraction of sp³-hybridized carbons (Fsp3) is 0.375. The van der Waals surface area contributed by atoms with Gasteiger partial charge in [-0.25, -0.2) is 0 Å². The minimum absolute atomic E-state index is 0.0233. The lowest BCUT2D eigenvalue weighted by atomic mass is 10.1. The first-order chi connectivity index (χ1) is 15.5. The smallest absolute Gasteiger partial charge is 0.251 e. The molecule has 0 saturated carbocycles. The number of hydrogen-bond donors (Lipinski definition) is 4. The summed E-state index contributed by atoms with van der Waals surface area (Å²) in [7, 11) is 0. The third-order valence-electron chi connectivity index (χ3n) is 5.04. The number of hydrogen-bond acceptors (Lipinski definition) is 5. The Balaban J connectivity index is 1.49. The summed E-state index contributed by atoms with van der Waals surface area (Å²) >= 11 is 0. The van der Waals surface area contributed by atoms with Crippen molar-refractivity contribution in [2.75, 3.05) is 36.9 Å². The van der Waals surface area contributed by atoms with E-state index < -0.39 is 0 Å². The first-order valence-electron chi connectivity index (χ1n) is 11.0. The molecule has 8 heteroatoms. The molecule has 1 atom stereocenters. The molecule has 0 bridgehead atoms. The quantitative estimate of drug-likeness (QED) is 0.456. The van der Waals surface area contributed by atoms with Gasteiger partial charge in [0, 0.05) is 42.2 Å². The summed E-state index contributed by atoms with van der Waals surface area (Å²) in [4.78, 5) is 36.8. The number of carbonyl (C=O) groups excluding carboxylic acids is 3. The maximum Gasteiger partial charge on any atom is 0.251 e. The second-order valence-corrected chi connectivity index (χ2v) is 7.66. The molecule has 3 amide bonds. The highest BCUT2D eigenvalue weighted by Gasteiger charge is 2.17. The Morgan fingerprint density at radius 2 is 1.66 bits per heavy atom. The van der Waals surface area contributed by atoms with Gasteiger partial charge in [-0.05, 0) is 55.7 Å². The number of ether oxygens (including phenoxy) is 1. The lowest BCUT2D eigenvalue weighted by Crippen LogP contribution is -2.31. The van der Waals surface area contributed by atoms with Gasteiger partial charge in [0.15, 0.2) is 0 Å². The SMILES string of the molecule is CCCNC(=O)c1cccc(NCC(=O)Nc2cccc(C(=O)NCC3CCCO3)c2)c1. The molecule has 170 valence electrons. The summed E-state index contributed by atoms with van der Waals surface area (Å²) in [5.41, 5.74) is 2.21. The van der Waals surface area contributed by atoms with Crippen LogP contribution in [0.25, 0.3) is 0 Å². The highest BCUT2D eigenvalue weighted by Crippen LogP contribution is 2.14. The van der Waals surface area contributed by atoms with Crippen molar-refractivity contribution < 1.29 is 19.1 Å². The number of rotatable bonds is 10. The molecule has 1 unspecified atom stereocenters. The molecule has 3 rings (SSSR count). The van der Waals surface area contributed by atoms with Crippen LogP contribution < -0.4 is 21.3 Å². The Labute approximate surface area is 188 Å². The molecule has 32 heavy (non-hydrogen) atoms. The zero-order valence-electron chi connectivity index (χ0n) is 18.3. The first-order valence-corrected chi connectivity index (χ1v) is 11.0. The molecule has 1 saturated heterocycles. The minimum atomic E-state index is -0.261. The van der Waals surface area contributed by atoms with Crippen LogP contribution in [0.5, 0.6) is 0 Å². The van der Waals surface area contributed by atoms with E-state index in [9.17, 15) is 14.4 Å². The van der Waals surface area contributed by atoms with Gasteiger partial charge in [0.25, 0.3) is 11.8 Å². The van der Waals surface area contributed by atoms with Gasteiger partial charge < -0.3 is 26.0 Å². The summed E-state index contributed by atoms with van der Waals surface area (Å²) in [5, 5.41) is 11.5. The summed E-state index contributed by atoms with van der Waals surface area (Å²) in [6.07, 6.45) is 2.91. The Morgan fingerprint density at radius 1 is 0.969 bits per heavy atom. The predicted octanol–water partition coefficient (Wildman–Crippen LogP) is 2.79. The zero-order chi connectivity index (χ0) is 22.8. The molecule has 0 spiro atoms. The van der Waals surface area contributed by atoms with Crippen molar-refractivity contribution in [3.63, 3.8) is 0 Å². The van der Waals surface area contributed by atoms with Gasteiger partial charge in [-0.15, -0.1) is 0 Å². The van der Waals surface area contributed by atoms with Crippen LogP contribution in [0.4, 0.5) is 11.4 Å². The average molecular weight is 439 g/mol. The van der Waals surface area contributed by atoms with Crippen molar-refractivity contribution in [1.82, 2.24) is 10.6 Å². The van der Waals surface area contributed by atoms with E-state index in [0.29, 0.717) is 35.6 Å². The summed E-state index contributed by atoms with van der Waals surface area (Å²) in [6, 6.07) is 13.8. The number of nitrogens with one attached hydrogen (secondary N) is 4. The number of benzene rings is 2. The van der Waals surface area contributed by atoms with Crippen LogP contribution in [0.2, 0.25) is 0 Å². The highest BCUT2D eigenvalue weighted by molar-refractivity contribution is 5.98. The number of carbonyl (C=O) groups is 3. The first kappa shape index (κ1) is 23.3. The van der Waals surface area contributed by atoms with E-state index in [2.05, 4.69) is 21.3 Å². The summed E-state index contributed by atoms with van der Waals surface area (Å²) in [6.45, 7) is 3.85. The lowest BCUT2D eigenvalue weighted by molar-refractivity contribution is -0.114. The van der Waals surface area contributed by atoms with Gasteiger partial charge in [-0.2, -0.15) is 0 Å². The van der Waals surface area contributed by atoms with E-state index in [1.165, 1.54) is 0 Å². The van der Waals surface area contributed by atoms with Crippen molar-refractivity contribution in [1.29, 1.82) is 0 Å². The van der Waals surface area contributed by atoms with Gasteiger partial charge in [-0.3, -0.25) is 14.4 Å². The molecular weight excluding hydrogens is 408 g/mol. The van der Waals surface area contributed by atoms with Gasteiger partial charge in [0.2, 0.25) is 5.91 Å². The zero-order valence-corrected chi connectivity index (χ0v) is 18.3. The summed E-state index contributed by atoms with van der Waals surface area (Å²) in [5.74, 6) is -0.606. The Kier molecular flexibility index (Phi) is 8.62. The molecule has 1 aliphatic heterocycles. The van der Waals surface area contributed by atoms with E-state index in [-0.39, 0.29) is 30.4 Å². The van der Waals surface area contributed by atoms with Crippen molar-refractivity contribution >= 4 is 29.1 Å². The van der Waals surface area contributed by atoms with Crippen LogP contribution in [0.3, 0.4) is 0 Å². The van der Waals surface area contributed by atoms with Gasteiger partial charge >= 0.3 is 0 Å². The van der Waals surface area contributed by atoms with Crippen LogP contribution in [0, 0.1) is 0 Å². The van der Waals surface area contributed by atoms with Crippen LogP contribution in [-0.2, 0) is 9.53 Å². The van der Waals surface area contributed by atoms with Crippen molar-refractivity contribution in [2.45, 2.75) is 32.3 Å². The number of anilines is 2. The fourth-order valence-corrected chi connectivity index (χ4v) is 3.35. The van der Waals surface area contributed by atoms with E-state index in [0.717, 1.165) is 25.9 Å². The lowest BCUT2D eigenvalue weighted by Gasteiger charge is -2.12. The van der Waals surface area contributed by atoms with Gasteiger partial charge in [0.1, 0.15) is 0 Å². The van der Waals surface area contributed by atoms with E-state index >= 15 is 0 Å². The molecule has 8 nitrogen and oxygen atoms in total. The molecule has 0 radical (unpaired) electrons. The molecule has 0 aromatic heterocycles. The van der Waals surface area contributed by atoms with E-state index in [1.807, 2.05) is 6.92 Å². The third-order valence-corrected chi connectivity index (χ3v) is 5.04. The molecule has 4 N–H and O–H groups in total. The molecule has 1 heterocycles. The normalized spacial score (nSPS) is 15.1. The second-order valence-electron chi connectivity index (χ2n) is 7.66. The standard InChI is InChI=1S/C24H30N4O4/c1-2-11-25-23(30)17-6-3-8-19(13-17)26-16-22(29)28-20-9-4-7-18(14-20)24(31)27-15-21-10-5-12-32-21/h3-4,6-9,13-14,21,26H,2,5,10-12,15-16H2,1H3,(H,25,30)(H,27,31)(H,28,29). The van der Waals surface area contributed by atoms with E-state index in [1.54, 1.807) is 48.5 Å². The molecule has 2 aromatic rings. The van der Waals surface area contributed by atoms with Gasteiger partial charge in [0.05, 0.1) is 12.6 Å². The second kappa shape index (κ2) is 11.9. The van der Waals surface area contributed by atoms with Crippen molar-refractivity contribution in [3.05, 3.63) is 59.7 Å². The van der Waals surface area contributed by atoms with Crippen LogP contribution >= 0.6 is 0 Å². The van der Waals surface area contributed by atoms with Crippen LogP contribution in [0.1, 0.15) is 46.9 Å². The molecule has 0 aliphatic carbocycles. The van der Waals surface area contributed by atoms with Crippen LogP contribution in [0.15, 0.2) is 48.5 Å². The third kappa shape index (κ3) is 7.09. The molecule has 1 aliphatic rings. The minimum Gasteiger partial charge on any atom is -0.376 e. The monoisotopic (exact) mass is 438 g/mol. The maximum atomic E-state index is 12.4. The topological polar surface area (TPSA) is 109 Å². The molecule has 1 fully saturated rings. The fourth-order valence-electron chi connectivity index (χ4n) is 3.35. The number of amides is 3. The predicted molar refractivity (Wildman–Crippen MR) is 124 cm³/mol. The van der Waals surface area contributed by atoms with Crippen LogP contribution in [-0.4, -0.2) is 50.1 Å². The van der Waals surface area contributed by atoms with E-state index in [4.69, 9.17) is 4.74 Å². The summed E-state index contributed by atoms with van der Waals surface area (Å²) < 4.78 is 5.52. The molecular formula is C24H30N4O4. The maximum absolute atomic E-state index is 12.4. The van der Waals surface area contributed by atoms with Gasteiger partial charge in [-0.1, -0.05) is 19.1 Å². The Hall–Kier alpha value is -3.39. The highest BCUT2D eigenvalue weighted by atomic mass is 16.5. The largest absolute Gasteiger partial charge is 0.376 e. The Bertz CT molecular complexity index is 941. The molecule has 2 aromatic carbocycles. The Morgan fingerprint density at radius 3 is 2.34 bits per heavy atom. The average Bonchev–Trinajstić information content (AvgIpc) is 3.34. The van der Waals surface area contributed by atoms with Crippen molar-refractivity contribution in [2.24, 2.45) is 0 Å².